The Labute approximate surface area is 173 Å². The zero-order chi connectivity index (χ0) is 20.8. The van der Waals surface area contributed by atoms with E-state index in [1.165, 1.54) is 5.56 Å². The molecule has 2 N–H and O–H groups in total. The van der Waals surface area contributed by atoms with Gasteiger partial charge >= 0.3 is 0 Å². The molecule has 1 heterocycles. The average Bonchev–Trinajstić information content (AvgIpc) is 3.12. The van der Waals surface area contributed by atoms with Crippen molar-refractivity contribution in [3.8, 4) is 17.0 Å². The number of rotatable bonds is 6. The number of aromatic nitrogens is 1. The third-order valence-electron chi connectivity index (χ3n) is 4.24. The molecule has 2 aromatic carbocycles. The zero-order valence-corrected chi connectivity index (χ0v) is 16.7. The van der Waals surface area contributed by atoms with Crippen molar-refractivity contribution in [2.24, 2.45) is 0 Å². The Morgan fingerprint density at radius 1 is 1.10 bits per heavy atom. The van der Waals surface area contributed by atoms with Crippen LogP contribution in [-0.4, -0.2) is 23.6 Å². The summed E-state index contributed by atoms with van der Waals surface area (Å²) in [7, 11) is 0. The number of hydrogen-bond acceptors (Lipinski definition) is 5. The lowest BCUT2D eigenvalue weighted by atomic mass is 10.1. The van der Waals surface area contributed by atoms with Gasteiger partial charge in [-0.1, -0.05) is 54.0 Å². The fourth-order valence-corrected chi connectivity index (χ4v) is 2.90. The Morgan fingerprint density at radius 2 is 1.83 bits per heavy atom. The number of halogens is 1. The molecule has 0 saturated heterocycles. The Morgan fingerprint density at radius 3 is 2.52 bits per heavy atom. The molecule has 150 valence electrons. The molecule has 0 aliphatic rings. The molecule has 0 radical (unpaired) electrons. The predicted molar refractivity (Wildman–Crippen MR) is 109 cm³/mol. The molecule has 3 rings (SSSR count). The topological polar surface area (TPSA) is 93.5 Å². The Bertz CT molecular complexity index is 1020. The van der Waals surface area contributed by atoms with Gasteiger partial charge in [-0.15, -0.1) is 0 Å². The van der Waals surface area contributed by atoms with Crippen molar-refractivity contribution >= 4 is 23.4 Å². The first-order chi connectivity index (χ1) is 14.0. The molecule has 29 heavy (non-hydrogen) atoms. The molecule has 0 aliphatic heterocycles. The summed E-state index contributed by atoms with van der Waals surface area (Å²) in [6.45, 7) is 3.42. The molecule has 0 spiro atoms. The van der Waals surface area contributed by atoms with Crippen molar-refractivity contribution in [2.75, 3.05) is 6.61 Å². The maximum Gasteiger partial charge on any atom is 0.276 e. The van der Waals surface area contributed by atoms with Crippen molar-refractivity contribution in [3.05, 3.63) is 70.4 Å². The van der Waals surface area contributed by atoms with Gasteiger partial charge in [-0.3, -0.25) is 20.4 Å². The summed E-state index contributed by atoms with van der Waals surface area (Å²) < 4.78 is 10.6. The van der Waals surface area contributed by atoms with Crippen molar-refractivity contribution in [3.63, 3.8) is 0 Å². The van der Waals surface area contributed by atoms with Gasteiger partial charge in [0.05, 0.1) is 5.02 Å². The maximum absolute atomic E-state index is 12.6. The van der Waals surface area contributed by atoms with Crippen LogP contribution in [0.4, 0.5) is 0 Å². The van der Waals surface area contributed by atoms with Crippen LogP contribution < -0.4 is 15.6 Å². The van der Waals surface area contributed by atoms with Crippen LogP contribution >= 0.6 is 11.6 Å². The van der Waals surface area contributed by atoms with E-state index in [1.807, 2.05) is 12.1 Å². The van der Waals surface area contributed by atoms with Gasteiger partial charge in [0.15, 0.2) is 6.61 Å². The number of carbonyl (C=O) groups excluding carboxylic acids is 2. The van der Waals surface area contributed by atoms with E-state index >= 15 is 0 Å². The molecular formula is C21H20ClN3O4. The second-order valence-electron chi connectivity index (χ2n) is 6.23. The number of hydrazine groups is 1. The maximum atomic E-state index is 12.6. The van der Waals surface area contributed by atoms with Crippen molar-refractivity contribution in [1.29, 1.82) is 0 Å². The molecule has 1 aromatic heterocycles. The third kappa shape index (κ3) is 4.94. The van der Waals surface area contributed by atoms with Crippen LogP contribution in [0.5, 0.6) is 5.75 Å². The van der Waals surface area contributed by atoms with Crippen LogP contribution in [0.1, 0.15) is 28.6 Å². The monoisotopic (exact) mass is 413 g/mol. The lowest BCUT2D eigenvalue weighted by molar-refractivity contribution is -0.123. The smallest absolute Gasteiger partial charge is 0.276 e. The summed E-state index contributed by atoms with van der Waals surface area (Å²) in [5.41, 5.74) is 6.88. The lowest BCUT2D eigenvalue weighted by Crippen LogP contribution is -2.44. The third-order valence-corrected chi connectivity index (χ3v) is 4.57. The first kappa shape index (κ1) is 20.4. The molecule has 0 unspecified atom stereocenters. The summed E-state index contributed by atoms with van der Waals surface area (Å²) in [4.78, 5) is 24.6. The van der Waals surface area contributed by atoms with E-state index in [4.69, 9.17) is 20.9 Å². The minimum Gasteiger partial charge on any atom is -0.484 e. The quantitative estimate of drug-likeness (QED) is 0.601. The second kappa shape index (κ2) is 9.25. The molecule has 0 bridgehead atoms. The highest BCUT2D eigenvalue weighted by Gasteiger charge is 2.23. The largest absolute Gasteiger partial charge is 0.484 e. The normalized spacial score (nSPS) is 10.4. The van der Waals surface area contributed by atoms with E-state index in [1.54, 1.807) is 43.3 Å². The summed E-state index contributed by atoms with van der Waals surface area (Å²) in [5, 5.41) is 4.36. The predicted octanol–water partition coefficient (Wildman–Crippen LogP) is 3.71. The standard InChI is InChI=1S/C21H20ClN3O4/c1-3-14-8-10-15(11-9-14)28-12-18(26)23-24-21(27)19-13(2)29-25-20(19)16-6-4-5-7-17(16)22/h4-11H,3,12H2,1-2H3,(H,23,26)(H,24,27). The molecule has 3 aromatic rings. The van der Waals surface area contributed by atoms with Gasteiger partial charge < -0.3 is 9.26 Å². The zero-order valence-electron chi connectivity index (χ0n) is 16.0. The molecule has 8 heteroatoms. The summed E-state index contributed by atoms with van der Waals surface area (Å²) in [6, 6.07) is 14.4. The van der Waals surface area contributed by atoms with Crippen molar-refractivity contribution < 1.29 is 18.8 Å². The first-order valence-corrected chi connectivity index (χ1v) is 9.39. The van der Waals surface area contributed by atoms with Crippen LogP contribution in [0.2, 0.25) is 5.02 Å². The van der Waals surface area contributed by atoms with Crippen LogP contribution in [-0.2, 0) is 11.2 Å². The van der Waals surface area contributed by atoms with Gasteiger partial charge in [-0.05, 0) is 37.1 Å². The summed E-state index contributed by atoms with van der Waals surface area (Å²) >= 11 is 6.19. The van der Waals surface area contributed by atoms with Gasteiger partial charge in [-0.25, -0.2) is 0 Å². The fraction of sp³-hybridized carbons (Fsp3) is 0.190. The molecule has 0 fully saturated rings. The van der Waals surface area contributed by atoms with E-state index < -0.39 is 11.8 Å². The van der Waals surface area contributed by atoms with Crippen LogP contribution in [0, 0.1) is 6.92 Å². The molecule has 0 saturated carbocycles. The number of aryl methyl sites for hydroxylation is 2. The van der Waals surface area contributed by atoms with E-state index in [0.29, 0.717) is 27.8 Å². The van der Waals surface area contributed by atoms with Crippen molar-refractivity contribution in [2.45, 2.75) is 20.3 Å². The van der Waals surface area contributed by atoms with Crippen molar-refractivity contribution in [1.82, 2.24) is 16.0 Å². The Hall–Kier alpha value is -3.32. The van der Waals surface area contributed by atoms with E-state index in [0.717, 1.165) is 6.42 Å². The Balaban J connectivity index is 1.60. The average molecular weight is 414 g/mol. The fourth-order valence-electron chi connectivity index (χ4n) is 2.67. The van der Waals surface area contributed by atoms with Gasteiger partial charge in [0.1, 0.15) is 22.8 Å². The number of benzene rings is 2. The number of carbonyl (C=O) groups is 2. The molecular weight excluding hydrogens is 394 g/mol. The summed E-state index contributed by atoms with van der Waals surface area (Å²) in [6.07, 6.45) is 0.922. The molecule has 7 nitrogen and oxygen atoms in total. The second-order valence-corrected chi connectivity index (χ2v) is 6.64. The SMILES string of the molecule is CCc1ccc(OCC(=O)NNC(=O)c2c(-c3ccccc3Cl)noc2C)cc1. The highest BCUT2D eigenvalue weighted by atomic mass is 35.5. The number of nitrogens with one attached hydrogen (secondary N) is 2. The van der Waals surface area contributed by atoms with Gasteiger partial charge in [0, 0.05) is 5.56 Å². The molecule has 0 aliphatic carbocycles. The van der Waals surface area contributed by atoms with E-state index in [9.17, 15) is 9.59 Å². The highest BCUT2D eigenvalue weighted by Crippen LogP contribution is 2.30. The number of nitrogens with zero attached hydrogens (tertiary/aromatic N) is 1. The van der Waals surface area contributed by atoms with Gasteiger partial charge in [0.2, 0.25) is 0 Å². The minimum absolute atomic E-state index is 0.189. The highest BCUT2D eigenvalue weighted by molar-refractivity contribution is 6.33. The number of hydrogen-bond donors (Lipinski definition) is 2. The van der Waals surface area contributed by atoms with E-state index in [-0.39, 0.29) is 12.2 Å². The Kier molecular flexibility index (Phi) is 6.51. The molecule has 2 amide bonds. The lowest BCUT2D eigenvalue weighted by Gasteiger charge is -2.09. The summed E-state index contributed by atoms with van der Waals surface area (Å²) in [5.74, 6) is -0.205. The van der Waals surface area contributed by atoms with Gasteiger partial charge in [-0.2, -0.15) is 0 Å². The van der Waals surface area contributed by atoms with Gasteiger partial charge in [0.25, 0.3) is 11.8 Å². The number of ether oxygens (including phenoxy) is 1. The minimum atomic E-state index is -0.570. The first-order valence-electron chi connectivity index (χ1n) is 9.01. The number of amides is 2. The molecule has 0 atom stereocenters. The van der Waals surface area contributed by atoms with E-state index in [2.05, 4.69) is 22.9 Å². The van der Waals surface area contributed by atoms with Crippen LogP contribution in [0.15, 0.2) is 53.1 Å². The van der Waals surface area contributed by atoms with Crippen LogP contribution in [0.25, 0.3) is 11.3 Å². The van der Waals surface area contributed by atoms with Crippen LogP contribution in [0.3, 0.4) is 0 Å².